The number of H-pyrrole nitrogens is 1. The van der Waals surface area contributed by atoms with Gasteiger partial charge >= 0.3 is 5.69 Å². The van der Waals surface area contributed by atoms with Crippen LogP contribution in [-0.2, 0) is 6.42 Å². The number of piperidine rings is 1. The summed E-state index contributed by atoms with van der Waals surface area (Å²) in [6.45, 7) is 4.38. The molecule has 1 aliphatic heterocycles. The van der Waals surface area contributed by atoms with Crippen LogP contribution in [0.4, 0.5) is 0 Å². The van der Waals surface area contributed by atoms with Crippen LogP contribution in [0, 0.1) is 6.92 Å². The smallest absolute Gasteiger partial charge is 0.306 e. The van der Waals surface area contributed by atoms with Gasteiger partial charge in [-0.15, -0.1) is 0 Å². The van der Waals surface area contributed by atoms with Gasteiger partial charge in [0.2, 0.25) is 0 Å². The standard InChI is InChI=1S/C23H27N3O/c1-16-6-4-8-19-18(16)7-5-11-21(19)25-14-12-17(13-15-25)26-22-10-3-2-9-20(22)24-23(26)27/h2-4,6,8-10,17,21H,5,7,11-15H2,1H3,(H,24,27). The van der Waals surface area contributed by atoms with E-state index >= 15 is 0 Å². The molecule has 4 nitrogen and oxygen atoms in total. The molecule has 3 aromatic rings. The van der Waals surface area contributed by atoms with Crippen molar-refractivity contribution < 1.29 is 0 Å². The Kier molecular flexibility index (Phi) is 4.16. The van der Waals surface area contributed by atoms with Crippen molar-refractivity contribution in [2.75, 3.05) is 13.1 Å². The van der Waals surface area contributed by atoms with Crippen LogP contribution in [0.25, 0.3) is 11.0 Å². The predicted molar refractivity (Wildman–Crippen MR) is 109 cm³/mol. The van der Waals surface area contributed by atoms with Crippen molar-refractivity contribution >= 4 is 11.0 Å². The third-order valence-corrected chi connectivity index (χ3v) is 6.64. The second-order valence-electron chi connectivity index (χ2n) is 8.14. The van der Waals surface area contributed by atoms with Crippen molar-refractivity contribution in [3.63, 3.8) is 0 Å². The van der Waals surface area contributed by atoms with Gasteiger partial charge in [0.15, 0.2) is 0 Å². The van der Waals surface area contributed by atoms with Crippen molar-refractivity contribution in [1.82, 2.24) is 14.5 Å². The highest BCUT2D eigenvalue weighted by molar-refractivity contribution is 5.75. The van der Waals surface area contributed by atoms with Crippen molar-refractivity contribution in [3.8, 4) is 0 Å². The molecule has 2 aromatic carbocycles. The van der Waals surface area contributed by atoms with Crippen molar-refractivity contribution in [3.05, 3.63) is 69.6 Å². The first-order valence-electron chi connectivity index (χ1n) is 10.2. The number of fused-ring (bicyclic) bond motifs is 2. The molecule has 27 heavy (non-hydrogen) atoms. The van der Waals surface area contributed by atoms with Crippen LogP contribution < -0.4 is 5.69 Å². The minimum atomic E-state index is 0.0355. The maximum atomic E-state index is 12.5. The topological polar surface area (TPSA) is 41.0 Å². The van der Waals surface area contributed by atoms with E-state index in [2.05, 4.69) is 41.1 Å². The molecule has 1 aliphatic carbocycles. The van der Waals surface area contributed by atoms with E-state index in [4.69, 9.17) is 0 Å². The molecule has 140 valence electrons. The molecule has 4 heteroatoms. The lowest BCUT2D eigenvalue weighted by molar-refractivity contribution is 0.123. The van der Waals surface area contributed by atoms with Gasteiger partial charge in [0.25, 0.3) is 0 Å². The summed E-state index contributed by atoms with van der Waals surface area (Å²) in [6.07, 6.45) is 5.84. The second kappa shape index (κ2) is 6.68. The van der Waals surface area contributed by atoms with Gasteiger partial charge in [-0.1, -0.05) is 30.3 Å². The number of para-hydroxylation sites is 2. The summed E-state index contributed by atoms with van der Waals surface area (Å²) in [7, 11) is 0. The minimum absolute atomic E-state index is 0.0355. The quantitative estimate of drug-likeness (QED) is 0.737. The molecule has 1 fully saturated rings. The molecule has 0 saturated carbocycles. The summed E-state index contributed by atoms with van der Waals surface area (Å²) in [5, 5.41) is 0. The van der Waals surface area contributed by atoms with Crippen molar-refractivity contribution in [1.29, 1.82) is 0 Å². The van der Waals surface area contributed by atoms with Crippen LogP contribution in [0.15, 0.2) is 47.3 Å². The zero-order chi connectivity index (χ0) is 18.4. The largest absolute Gasteiger partial charge is 0.326 e. The Morgan fingerprint density at radius 2 is 1.81 bits per heavy atom. The Bertz CT molecular complexity index is 1020. The highest BCUT2D eigenvalue weighted by Crippen LogP contribution is 2.38. The predicted octanol–water partition coefficient (Wildman–Crippen LogP) is 4.35. The zero-order valence-electron chi connectivity index (χ0n) is 15.9. The van der Waals surface area contributed by atoms with E-state index in [0.29, 0.717) is 12.1 Å². The van der Waals surface area contributed by atoms with E-state index in [1.807, 2.05) is 22.8 Å². The maximum absolute atomic E-state index is 12.5. The minimum Gasteiger partial charge on any atom is -0.306 e. The number of benzene rings is 2. The number of aromatic nitrogens is 2. The number of likely N-dealkylation sites (tertiary alicyclic amines) is 1. The van der Waals surface area contributed by atoms with E-state index in [1.165, 1.54) is 24.8 Å². The molecule has 2 aliphatic rings. The fourth-order valence-corrected chi connectivity index (χ4v) is 5.28. The number of imidazole rings is 1. The number of aromatic amines is 1. The van der Waals surface area contributed by atoms with Gasteiger partial charge in [-0.05, 0) is 67.9 Å². The number of rotatable bonds is 2. The number of nitrogens with one attached hydrogen (secondary N) is 1. The second-order valence-corrected chi connectivity index (χ2v) is 8.14. The number of hydrogen-bond donors (Lipinski definition) is 1. The monoisotopic (exact) mass is 361 g/mol. The van der Waals surface area contributed by atoms with Crippen LogP contribution in [0.2, 0.25) is 0 Å². The van der Waals surface area contributed by atoms with Gasteiger partial charge in [-0.25, -0.2) is 4.79 Å². The molecule has 0 radical (unpaired) electrons. The normalized spacial score (nSPS) is 21.4. The molecular weight excluding hydrogens is 334 g/mol. The van der Waals surface area contributed by atoms with E-state index in [-0.39, 0.29) is 5.69 Å². The first-order chi connectivity index (χ1) is 13.2. The third kappa shape index (κ3) is 2.83. The van der Waals surface area contributed by atoms with Gasteiger partial charge in [0, 0.05) is 25.2 Å². The molecular formula is C23H27N3O. The summed E-state index contributed by atoms with van der Waals surface area (Å²) in [5.41, 5.74) is 6.58. The highest BCUT2D eigenvalue weighted by Gasteiger charge is 2.31. The molecule has 0 amide bonds. The fraction of sp³-hybridized carbons (Fsp3) is 0.435. The summed E-state index contributed by atoms with van der Waals surface area (Å²) >= 11 is 0. The molecule has 0 spiro atoms. The molecule has 1 atom stereocenters. The maximum Gasteiger partial charge on any atom is 0.326 e. The highest BCUT2D eigenvalue weighted by atomic mass is 16.1. The van der Waals surface area contributed by atoms with Crippen LogP contribution >= 0.6 is 0 Å². The Hall–Kier alpha value is -2.33. The van der Waals surface area contributed by atoms with E-state index < -0.39 is 0 Å². The number of hydrogen-bond acceptors (Lipinski definition) is 2. The Morgan fingerprint density at radius 3 is 2.67 bits per heavy atom. The Morgan fingerprint density at radius 1 is 1.00 bits per heavy atom. The molecule has 1 N–H and O–H groups in total. The average molecular weight is 361 g/mol. The molecule has 5 rings (SSSR count). The molecule has 1 unspecified atom stereocenters. The van der Waals surface area contributed by atoms with E-state index in [0.717, 1.165) is 37.0 Å². The van der Waals surface area contributed by atoms with Gasteiger partial charge in [-0.3, -0.25) is 9.47 Å². The lowest BCUT2D eigenvalue weighted by Crippen LogP contribution is -2.40. The summed E-state index contributed by atoms with van der Waals surface area (Å²) < 4.78 is 1.99. The van der Waals surface area contributed by atoms with E-state index in [9.17, 15) is 4.79 Å². The molecule has 2 heterocycles. The third-order valence-electron chi connectivity index (χ3n) is 6.64. The van der Waals surface area contributed by atoms with Gasteiger partial charge in [0.05, 0.1) is 11.0 Å². The van der Waals surface area contributed by atoms with E-state index in [1.54, 1.807) is 11.1 Å². The number of nitrogens with zero attached hydrogens (tertiary/aromatic N) is 2. The molecule has 1 aromatic heterocycles. The van der Waals surface area contributed by atoms with Gasteiger partial charge < -0.3 is 4.98 Å². The summed E-state index contributed by atoms with van der Waals surface area (Å²) in [6, 6.07) is 15.7. The molecule has 0 bridgehead atoms. The lowest BCUT2D eigenvalue weighted by Gasteiger charge is -2.40. The first kappa shape index (κ1) is 16.8. The first-order valence-corrected chi connectivity index (χ1v) is 10.2. The van der Waals surface area contributed by atoms with Gasteiger partial charge in [0.1, 0.15) is 0 Å². The van der Waals surface area contributed by atoms with Crippen molar-refractivity contribution in [2.24, 2.45) is 0 Å². The van der Waals surface area contributed by atoms with Gasteiger partial charge in [-0.2, -0.15) is 0 Å². The molecule has 1 saturated heterocycles. The fourth-order valence-electron chi connectivity index (χ4n) is 5.28. The van der Waals surface area contributed by atoms with Crippen LogP contribution in [0.3, 0.4) is 0 Å². The van der Waals surface area contributed by atoms with Crippen LogP contribution in [-0.4, -0.2) is 27.5 Å². The number of aryl methyl sites for hydroxylation is 1. The summed E-state index contributed by atoms with van der Waals surface area (Å²) in [5.74, 6) is 0. The average Bonchev–Trinajstić information content (AvgIpc) is 3.04. The Balaban J connectivity index is 1.38. The van der Waals surface area contributed by atoms with Crippen molar-refractivity contribution in [2.45, 2.75) is 51.1 Å². The Labute approximate surface area is 159 Å². The van der Waals surface area contributed by atoms with Crippen LogP contribution in [0.1, 0.15) is 54.5 Å². The lowest BCUT2D eigenvalue weighted by atomic mass is 9.83. The summed E-state index contributed by atoms with van der Waals surface area (Å²) in [4.78, 5) is 18.2. The zero-order valence-corrected chi connectivity index (χ0v) is 15.9. The SMILES string of the molecule is Cc1cccc2c1CCCC2N1CCC(n2c(=O)[nH]c3ccccc32)CC1. The van der Waals surface area contributed by atoms with Crippen LogP contribution in [0.5, 0.6) is 0 Å².